The fraction of sp³-hybridized carbons (Fsp3) is 0.190. The Labute approximate surface area is 147 Å². The average molecular weight is 335 g/mol. The van der Waals surface area contributed by atoms with E-state index in [1.54, 1.807) is 14.2 Å². The van der Waals surface area contributed by atoms with Gasteiger partial charge in [-0.05, 0) is 47.5 Å². The van der Waals surface area contributed by atoms with Crippen LogP contribution in [0.5, 0.6) is 11.5 Å². The SMILES string of the molecule is COc1ccc([C@H](C)NC(=O)c2cc3ccccc3cc2OC)cc1. The summed E-state index contributed by atoms with van der Waals surface area (Å²) in [6.45, 7) is 1.95. The molecule has 25 heavy (non-hydrogen) atoms. The van der Waals surface area contributed by atoms with Crippen LogP contribution in [0.3, 0.4) is 0 Å². The van der Waals surface area contributed by atoms with Crippen molar-refractivity contribution in [2.45, 2.75) is 13.0 Å². The van der Waals surface area contributed by atoms with Crippen molar-refractivity contribution >= 4 is 16.7 Å². The molecule has 1 atom stereocenters. The van der Waals surface area contributed by atoms with Crippen molar-refractivity contribution in [1.29, 1.82) is 0 Å². The second-order valence-electron chi connectivity index (χ2n) is 5.87. The third kappa shape index (κ3) is 3.58. The van der Waals surface area contributed by atoms with Crippen LogP contribution in [0.4, 0.5) is 0 Å². The minimum atomic E-state index is -0.161. The number of fused-ring (bicyclic) bond motifs is 1. The first kappa shape index (κ1) is 16.8. The van der Waals surface area contributed by atoms with Gasteiger partial charge < -0.3 is 14.8 Å². The van der Waals surface area contributed by atoms with Crippen LogP contribution in [0.25, 0.3) is 10.8 Å². The highest BCUT2D eigenvalue weighted by atomic mass is 16.5. The average Bonchev–Trinajstić information content (AvgIpc) is 2.66. The summed E-state index contributed by atoms with van der Waals surface area (Å²) in [7, 11) is 3.21. The van der Waals surface area contributed by atoms with Gasteiger partial charge in [0.2, 0.25) is 0 Å². The molecular formula is C21H21NO3. The highest BCUT2D eigenvalue weighted by Gasteiger charge is 2.16. The quantitative estimate of drug-likeness (QED) is 0.754. The van der Waals surface area contributed by atoms with Crippen molar-refractivity contribution in [3.05, 3.63) is 71.8 Å². The highest BCUT2D eigenvalue weighted by molar-refractivity contribution is 6.01. The number of carbonyl (C=O) groups is 1. The lowest BCUT2D eigenvalue weighted by atomic mass is 10.0. The maximum Gasteiger partial charge on any atom is 0.255 e. The molecule has 3 rings (SSSR count). The van der Waals surface area contributed by atoms with E-state index >= 15 is 0 Å². The van der Waals surface area contributed by atoms with E-state index in [9.17, 15) is 4.79 Å². The van der Waals surface area contributed by atoms with E-state index in [2.05, 4.69) is 5.32 Å². The van der Waals surface area contributed by atoms with Gasteiger partial charge in [-0.1, -0.05) is 36.4 Å². The third-order valence-electron chi connectivity index (χ3n) is 4.28. The molecular weight excluding hydrogens is 314 g/mol. The Balaban J connectivity index is 1.85. The summed E-state index contributed by atoms with van der Waals surface area (Å²) in [6, 6.07) is 19.2. The molecule has 0 aromatic heterocycles. The molecule has 0 bridgehead atoms. The summed E-state index contributed by atoms with van der Waals surface area (Å²) in [5.74, 6) is 1.20. The number of rotatable bonds is 5. The molecule has 4 heteroatoms. The number of hydrogen-bond acceptors (Lipinski definition) is 3. The minimum absolute atomic E-state index is 0.130. The summed E-state index contributed by atoms with van der Waals surface area (Å²) >= 11 is 0. The standard InChI is InChI=1S/C21H21NO3/c1-14(15-8-10-18(24-2)11-9-15)22-21(23)19-12-16-6-4-5-7-17(16)13-20(19)25-3/h4-14H,1-3H3,(H,22,23)/t14-/m0/s1. The highest BCUT2D eigenvalue weighted by Crippen LogP contribution is 2.27. The van der Waals surface area contributed by atoms with Crippen LogP contribution < -0.4 is 14.8 Å². The molecule has 0 saturated heterocycles. The number of hydrogen-bond donors (Lipinski definition) is 1. The molecule has 0 saturated carbocycles. The van der Waals surface area contributed by atoms with Crippen molar-refractivity contribution in [2.75, 3.05) is 14.2 Å². The first-order valence-corrected chi connectivity index (χ1v) is 8.14. The molecule has 0 spiro atoms. The first-order valence-electron chi connectivity index (χ1n) is 8.14. The van der Waals surface area contributed by atoms with Gasteiger partial charge in [-0.15, -0.1) is 0 Å². The first-order chi connectivity index (χ1) is 12.1. The van der Waals surface area contributed by atoms with Crippen LogP contribution in [-0.4, -0.2) is 20.1 Å². The zero-order valence-electron chi connectivity index (χ0n) is 14.6. The number of nitrogens with one attached hydrogen (secondary N) is 1. The monoisotopic (exact) mass is 335 g/mol. The van der Waals surface area contributed by atoms with Gasteiger partial charge in [0.25, 0.3) is 5.91 Å². The number of methoxy groups -OCH3 is 2. The van der Waals surface area contributed by atoms with E-state index in [1.807, 2.05) is 67.6 Å². The molecule has 3 aromatic rings. The number of amides is 1. The van der Waals surface area contributed by atoms with Crippen molar-refractivity contribution in [1.82, 2.24) is 5.32 Å². The van der Waals surface area contributed by atoms with E-state index in [4.69, 9.17) is 9.47 Å². The molecule has 1 amide bonds. The van der Waals surface area contributed by atoms with E-state index in [-0.39, 0.29) is 11.9 Å². The summed E-state index contributed by atoms with van der Waals surface area (Å²) in [4.78, 5) is 12.8. The second-order valence-corrected chi connectivity index (χ2v) is 5.87. The number of ether oxygens (including phenoxy) is 2. The van der Waals surface area contributed by atoms with Crippen LogP contribution in [0, 0.1) is 0 Å². The molecule has 0 fully saturated rings. The molecule has 0 aliphatic rings. The van der Waals surface area contributed by atoms with Crippen molar-refractivity contribution in [3.63, 3.8) is 0 Å². The molecule has 0 unspecified atom stereocenters. The molecule has 4 nitrogen and oxygen atoms in total. The van der Waals surface area contributed by atoms with Gasteiger partial charge in [0, 0.05) is 0 Å². The van der Waals surface area contributed by atoms with Gasteiger partial charge in [-0.25, -0.2) is 0 Å². The maximum absolute atomic E-state index is 12.8. The second kappa shape index (κ2) is 7.26. The van der Waals surface area contributed by atoms with E-state index in [1.165, 1.54) is 0 Å². The third-order valence-corrected chi connectivity index (χ3v) is 4.28. The van der Waals surface area contributed by atoms with Gasteiger partial charge in [-0.3, -0.25) is 4.79 Å². The van der Waals surface area contributed by atoms with Crippen LogP contribution >= 0.6 is 0 Å². The minimum Gasteiger partial charge on any atom is -0.497 e. The Morgan fingerprint density at radius 2 is 1.56 bits per heavy atom. The zero-order chi connectivity index (χ0) is 17.8. The van der Waals surface area contributed by atoms with E-state index in [0.717, 1.165) is 22.1 Å². The normalized spacial score (nSPS) is 11.8. The number of benzene rings is 3. The zero-order valence-corrected chi connectivity index (χ0v) is 14.6. The van der Waals surface area contributed by atoms with E-state index < -0.39 is 0 Å². The molecule has 0 aliphatic heterocycles. The Hall–Kier alpha value is -3.01. The van der Waals surface area contributed by atoms with Crippen LogP contribution in [0.1, 0.15) is 28.9 Å². The van der Waals surface area contributed by atoms with Gasteiger partial charge in [-0.2, -0.15) is 0 Å². The summed E-state index contributed by atoms with van der Waals surface area (Å²) in [5.41, 5.74) is 1.54. The fourth-order valence-corrected chi connectivity index (χ4v) is 2.82. The van der Waals surface area contributed by atoms with Crippen LogP contribution in [0.15, 0.2) is 60.7 Å². The Bertz CT molecular complexity index is 887. The van der Waals surface area contributed by atoms with Gasteiger partial charge in [0.15, 0.2) is 0 Å². The Morgan fingerprint density at radius 1 is 0.920 bits per heavy atom. The molecule has 0 heterocycles. The molecule has 0 aliphatic carbocycles. The largest absolute Gasteiger partial charge is 0.497 e. The lowest BCUT2D eigenvalue weighted by Crippen LogP contribution is -2.27. The summed E-state index contributed by atoms with van der Waals surface area (Å²) in [6.07, 6.45) is 0. The molecule has 3 aromatic carbocycles. The Kier molecular flexibility index (Phi) is 4.89. The maximum atomic E-state index is 12.8. The lowest BCUT2D eigenvalue weighted by molar-refractivity contribution is 0.0937. The molecule has 128 valence electrons. The van der Waals surface area contributed by atoms with Gasteiger partial charge in [0.05, 0.1) is 25.8 Å². The topological polar surface area (TPSA) is 47.6 Å². The summed E-state index contributed by atoms with van der Waals surface area (Å²) < 4.78 is 10.6. The van der Waals surface area contributed by atoms with Gasteiger partial charge in [0.1, 0.15) is 11.5 Å². The predicted octanol–water partition coefficient (Wildman–Crippen LogP) is 4.35. The molecule has 1 N–H and O–H groups in total. The molecule has 0 radical (unpaired) electrons. The predicted molar refractivity (Wildman–Crippen MR) is 99.4 cm³/mol. The van der Waals surface area contributed by atoms with Crippen molar-refractivity contribution < 1.29 is 14.3 Å². The smallest absolute Gasteiger partial charge is 0.255 e. The van der Waals surface area contributed by atoms with E-state index in [0.29, 0.717) is 11.3 Å². The van der Waals surface area contributed by atoms with Crippen LogP contribution in [0.2, 0.25) is 0 Å². The lowest BCUT2D eigenvalue weighted by Gasteiger charge is -2.16. The fourth-order valence-electron chi connectivity index (χ4n) is 2.82. The van der Waals surface area contributed by atoms with Crippen molar-refractivity contribution in [2.24, 2.45) is 0 Å². The Morgan fingerprint density at radius 3 is 2.16 bits per heavy atom. The van der Waals surface area contributed by atoms with Crippen molar-refractivity contribution in [3.8, 4) is 11.5 Å². The number of carbonyl (C=O) groups excluding carboxylic acids is 1. The van der Waals surface area contributed by atoms with Gasteiger partial charge >= 0.3 is 0 Å². The van der Waals surface area contributed by atoms with Crippen LogP contribution in [-0.2, 0) is 0 Å². The summed E-state index contributed by atoms with van der Waals surface area (Å²) in [5, 5.41) is 5.08.